The summed E-state index contributed by atoms with van der Waals surface area (Å²) in [6.07, 6.45) is 5.52. The van der Waals surface area contributed by atoms with E-state index in [0.29, 0.717) is 18.7 Å². The fourth-order valence-electron chi connectivity index (χ4n) is 2.10. The number of fused-ring (bicyclic) bond motifs is 1. The highest BCUT2D eigenvalue weighted by atomic mass is 16.5. The topological polar surface area (TPSA) is 44.1 Å². The van der Waals surface area contributed by atoms with Gasteiger partial charge in [-0.1, -0.05) is 36.4 Å². The molecule has 0 aliphatic rings. The maximum Gasteiger partial charge on any atom is 0.313 e. The number of aryl methyl sites for hydroxylation is 1. The molecule has 100 valence electrons. The van der Waals surface area contributed by atoms with E-state index in [1.165, 1.54) is 0 Å². The highest BCUT2D eigenvalue weighted by Crippen LogP contribution is 2.25. The van der Waals surface area contributed by atoms with Gasteiger partial charge in [0.05, 0.1) is 12.7 Å². The molecule has 1 aromatic heterocycles. The van der Waals surface area contributed by atoms with Gasteiger partial charge in [0.25, 0.3) is 0 Å². The molecule has 0 fully saturated rings. The lowest BCUT2D eigenvalue weighted by Crippen LogP contribution is -2.11. The van der Waals surface area contributed by atoms with Crippen molar-refractivity contribution in [2.75, 3.05) is 0 Å². The normalized spacial score (nSPS) is 10.6. The molecule has 0 saturated carbocycles. The average Bonchev–Trinajstić information content (AvgIpc) is 2.99. The Morgan fingerprint density at radius 3 is 2.85 bits per heavy atom. The van der Waals surface area contributed by atoms with Gasteiger partial charge in [0, 0.05) is 24.3 Å². The molecule has 4 heteroatoms. The van der Waals surface area contributed by atoms with Gasteiger partial charge in [-0.2, -0.15) is 0 Å². The predicted octanol–water partition coefficient (Wildman–Crippen LogP) is 3.03. The molecule has 0 saturated heterocycles. The fourth-order valence-corrected chi connectivity index (χ4v) is 2.10. The van der Waals surface area contributed by atoms with Crippen molar-refractivity contribution < 1.29 is 9.53 Å². The van der Waals surface area contributed by atoms with E-state index in [-0.39, 0.29) is 5.97 Å². The number of benzene rings is 2. The third-order valence-electron chi connectivity index (χ3n) is 3.11. The molecule has 4 nitrogen and oxygen atoms in total. The van der Waals surface area contributed by atoms with Gasteiger partial charge in [-0.3, -0.25) is 4.79 Å². The fraction of sp³-hybridized carbons (Fsp3) is 0.125. The molecule has 20 heavy (non-hydrogen) atoms. The number of aromatic nitrogens is 2. The molecule has 0 bridgehead atoms. The van der Waals surface area contributed by atoms with E-state index in [1.54, 1.807) is 12.5 Å². The van der Waals surface area contributed by atoms with Crippen LogP contribution in [0, 0.1) is 0 Å². The van der Waals surface area contributed by atoms with Crippen LogP contribution in [0.5, 0.6) is 5.75 Å². The molecule has 3 aromatic rings. The summed E-state index contributed by atoms with van der Waals surface area (Å²) < 4.78 is 7.30. The van der Waals surface area contributed by atoms with E-state index in [1.807, 2.05) is 53.2 Å². The molecule has 2 aromatic carbocycles. The number of nitrogens with zero attached hydrogens (tertiary/aromatic N) is 2. The number of carbonyl (C=O) groups is 1. The highest BCUT2D eigenvalue weighted by molar-refractivity contribution is 5.90. The number of imidazole rings is 1. The van der Waals surface area contributed by atoms with Gasteiger partial charge in [0.1, 0.15) is 5.75 Å². The van der Waals surface area contributed by atoms with Crippen LogP contribution in [0.4, 0.5) is 0 Å². The van der Waals surface area contributed by atoms with Gasteiger partial charge in [-0.25, -0.2) is 4.98 Å². The van der Waals surface area contributed by atoms with Crippen molar-refractivity contribution in [2.45, 2.75) is 13.0 Å². The Morgan fingerprint density at radius 2 is 2.00 bits per heavy atom. The molecule has 3 rings (SSSR count). The molecule has 0 spiro atoms. The van der Waals surface area contributed by atoms with E-state index in [2.05, 4.69) is 4.98 Å². The van der Waals surface area contributed by atoms with Crippen LogP contribution in [0.15, 0.2) is 61.2 Å². The van der Waals surface area contributed by atoms with Crippen molar-refractivity contribution in [3.05, 3.63) is 61.2 Å². The maximum absolute atomic E-state index is 11.9. The van der Waals surface area contributed by atoms with Crippen molar-refractivity contribution >= 4 is 16.7 Å². The van der Waals surface area contributed by atoms with Crippen molar-refractivity contribution in [2.24, 2.45) is 0 Å². The third-order valence-corrected chi connectivity index (χ3v) is 3.11. The zero-order valence-corrected chi connectivity index (χ0v) is 10.9. The molecule has 0 aliphatic heterocycles. The quantitative estimate of drug-likeness (QED) is 0.538. The molecular weight excluding hydrogens is 252 g/mol. The molecule has 0 atom stereocenters. The van der Waals surface area contributed by atoms with Crippen LogP contribution in [0.25, 0.3) is 10.8 Å². The second-order valence-corrected chi connectivity index (χ2v) is 4.50. The van der Waals surface area contributed by atoms with Gasteiger partial charge < -0.3 is 9.30 Å². The van der Waals surface area contributed by atoms with Gasteiger partial charge in [-0.15, -0.1) is 0 Å². The zero-order chi connectivity index (χ0) is 13.8. The first-order valence-corrected chi connectivity index (χ1v) is 6.47. The first-order chi connectivity index (χ1) is 9.83. The summed E-state index contributed by atoms with van der Waals surface area (Å²) in [7, 11) is 0. The number of esters is 1. The SMILES string of the molecule is O=C(CCn1ccnc1)Oc1cccc2ccccc12. The minimum atomic E-state index is -0.241. The molecule has 0 radical (unpaired) electrons. The van der Waals surface area contributed by atoms with E-state index < -0.39 is 0 Å². The Labute approximate surface area is 116 Å². The second kappa shape index (κ2) is 5.57. The van der Waals surface area contributed by atoms with Crippen LogP contribution >= 0.6 is 0 Å². The number of hydrogen-bond donors (Lipinski definition) is 0. The lowest BCUT2D eigenvalue weighted by Gasteiger charge is -2.08. The van der Waals surface area contributed by atoms with Gasteiger partial charge >= 0.3 is 5.97 Å². The van der Waals surface area contributed by atoms with E-state index in [0.717, 1.165) is 10.8 Å². The molecule has 0 amide bonds. The van der Waals surface area contributed by atoms with Crippen LogP contribution in [0.2, 0.25) is 0 Å². The molecule has 0 unspecified atom stereocenters. The lowest BCUT2D eigenvalue weighted by atomic mass is 10.1. The third kappa shape index (κ3) is 2.69. The second-order valence-electron chi connectivity index (χ2n) is 4.50. The predicted molar refractivity (Wildman–Crippen MR) is 76.4 cm³/mol. The van der Waals surface area contributed by atoms with Crippen molar-refractivity contribution in [1.82, 2.24) is 9.55 Å². The monoisotopic (exact) mass is 266 g/mol. The number of carbonyl (C=O) groups excluding carboxylic acids is 1. The van der Waals surface area contributed by atoms with Crippen molar-refractivity contribution in [3.63, 3.8) is 0 Å². The Balaban J connectivity index is 1.71. The van der Waals surface area contributed by atoms with Crippen LogP contribution in [-0.4, -0.2) is 15.5 Å². The van der Waals surface area contributed by atoms with Crippen LogP contribution in [0.1, 0.15) is 6.42 Å². The van der Waals surface area contributed by atoms with E-state index in [9.17, 15) is 4.79 Å². The number of hydrogen-bond acceptors (Lipinski definition) is 3. The minimum Gasteiger partial charge on any atom is -0.426 e. The summed E-state index contributed by atoms with van der Waals surface area (Å²) in [6, 6.07) is 13.6. The van der Waals surface area contributed by atoms with E-state index >= 15 is 0 Å². The largest absolute Gasteiger partial charge is 0.426 e. The summed E-state index contributed by atoms with van der Waals surface area (Å²) in [6.45, 7) is 0.573. The van der Waals surface area contributed by atoms with Crippen LogP contribution in [-0.2, 0) is 11.3 Å². The van der Waals surface area contributed by atoms with Crippen LogP contribution < -0.4 is 4.74 Å². The zero-order valence-electron chi connectivity index (χ0n) is 10.9. The molecule has 0 aliphatic carbocycles. The van der Waals surface area contributed by atoms with Gasteiger partial charge in [0.15, 0.2) is 0 Å². The Bertz CT molecular complexity index is 715. The van der Waals surface area contributed by atoms with Gasteiger partial charge in [0.2, 0.25) is 0 Å². The Morgan fingerprint density at radius 1 is 1.15 bits per heavy atom. The number of rotatable bonds is 4. The standard InChI is InChI=1S/C16H14N2O2/c19-16(8-10-18-11-9-17-12-18)20-15-7-3-5-13-4-1-2-6-14(13)15/h1-7,9,11-12H,8,10H2. The summed E-state index contributed by atoms with van der Waals surface area (Å²) in [5.74, 6) is 0.369. The summed E-state index contributed by atoms with van der Waals surface area (Å²) >= 11 is 0. The average molecular weight is 266 g/mol. The number of ether oxygens (including phenoxy) is 1. The van der Waals surface area contributed by atoms with Crippen molar-refractivity contribution in [3.8, 4) is 5.75 Å². The lowest BCUT2D eigenvalue weighted by molar-refractivity contribution is -0.134. The van der Waals surface area contributed by atoms with E-state index in [4.69, 9.17) is 4.74 Å². The summed E-state index contributed by atoms with van der Waals surface area (Å²) in [4.78, 5) is 15.8. The molecule has 1 heterocycles. The Kier molecular flexibility index (Phi) is 3.46. The minimum absolute atomic E-state index is 0.241. The maximum atomic E-state index is 11.9. The molecular formula is C16H14N2O2. The molecule has 0 N–H and O–H groups in total. The van der Waals surface area contributed by atoms with Gasteiger partial charge in [-0.05, 0) is 11.5 Å². The summed E-state index contributed by atoms with van der Waals surface area (Å²) in [5, 5.41) is 2.01. The Hall–Kier alpha value is -2.62. The smallest absolute Gasteiger partial charge is 0.313 e. The van der Waals surface area contributed by atoms with Crippen LogP contribution in [0.3, 0.4) is 0 Å². The highest BCUT2D eigenvalue weighted by Gasteiger charge is 2.08. The van der Waals surface area contributed by atoms with Crippen molar-refractivity contribution in [1.29, 1.82) is 0 Å². The first-order valence-electron chi connectivity index (χ1n) is 6.47. The summed E-state index contributed by atoms with van der Waals surface area (Å²) in [5.41, 5.74) is 0. The first kappa shape index (κ1) is 12.4.